The van der Waals surface area contributed by atoms with Gasteiger partial charge in [0.2, 0.25) is 0 Å². The molecule has 0 amide bonds. The van der Waals surface area contributed by atoms with Gasteiger partial charge in [0.15, 0.2) is 0 Å². The normalized spacial score (nSPS) is 37.7. The first-order valence-corrected chi connectivity index (χ1v) is 6.35. The van der Waals surface area contributed by atoms with Gasteiger partial charge in [-0.2, -0.15) is 0 Å². The van der Waals surface area contributed by atoms with Gasteiger partial charge in [-0.15, -0.1) is 11.8 Å². The molecule has 0 aromatic heterocycles. The molecule has 0 bridgehead atoms. The molecule has 14 heavy (non-hydrogen) atoms. The van der Waals surface area contributed by atoms with E-state index in [2.05, 4.69) is 13.8 Å². The zero-order valence-corrected chi connectivity index (χ0v) is 10.2. The van der Waals surface area contributed by atoms with Crippen LogP contribution in [0, 0.1) is 5.92 Å². The predicted octanol–water partition coefficient (Wildman–Crippen LogP) is 1.76. The van der Waals surface area contributed by atoms with E-state index in [1.54, 1.807) is 18.9 Å². The Balaban J connectivity index is 2.47. The van der Waals surface area contributed by atoms with Gasteiger partial charge in [-0.25, -0.2) is 0 Å². The van der Waals surface area contributed by atoms with Gasteiger partial charge in [-0.1, -0.05) is 6.92 Å². The van der Waals surface area contributed by atoms with Crippen LogP contribution in [0.25, 0.3) is 0 Å². The first-order chi connectivity index (χ1) is 6.70. The van der Waals surface area contributed by atoms with Gasteiger partial charge in [-0.3, -0.25) is 0 Å². The van der Waals surface area contributed by atoms with Crippen molar-refractivity contribution in [2.45, 2.75) is 32.2 Å². The molecule has 3 nitrogen and oxygen atoms in total. The molecule has 0 aliphatic carbocycles. The van der Waals surface area contributed by atoms with Gasteiger partial charge in [0, 0.05) is 13.0 Å². The van der Waals surface area contributed by atoms with Crippen molar-refractivity contribution in [3.05, 3.63) is 0 Å². The summed E-state index contributed by atoms with van der Waals surface area (Å²) >= 11 is 1.69. The van der Waals surface area contributed by atoms with Crippen molar-refractivity contribution in [1.82, 2.24) is 0 Å². The SMILES string of the molecule is COCC1OC(C)C(C)C1OCSC. The molecule has 1 fully saturated rings. The van der Waals surface area contributed by atoms with E-state index in [1.165, 1.54) is 0 Å². The second kappa shape index (κ2) is 5.95. The lowest BCUT2D eigenvalue weighted by atomic mass is 9.99. The molecule has 1 aliphatic rings. The maximum absolute atomic E-state index is 5.76. The molecule has 0 radical (unpaired) electrons. The van der Waals surface area contributed by atoms with E-state index in [0.717, 1.165) is 5.94 Å². The van der Waals surface area contributed by atoms with Crippen LogP contribution in [0.2, 0.25) is 0 Å². The maximum Gasteiger partial charge on any atom is 0.108 e. The van der Waals surface area contributed by atoms with Crippen LogP contribution < -0.4 is 0 Å². The van der Waals surface area contributed by atoms with E-state index >= 15 is 0 Å². The summed E-state index contributed by atoms with van der Waals surface area (Å²) in [5.74, 6) is 1.17. The monoisotopic (exact) mass is 220 g/mol. The Morgan fingerprint density at radius 1 is 1.36 bits per heavy atom. The minimum atomic E-state index is 0.0946. The van der Waals surface area contributed by atoms with Crippen LogP contribution in [0.3, 0.4) is 0 Å². The average Bonchev–Trinajstić information content (AvgIpc) is 2.42. The molecule has 4 heteroatoms. The fourth-order valence-corrected chi connectivity index (χ4v) is 2.08. The summed E-state index contributed by atoms with van der Waals surface area (Å²) in [6.07, 6.45) is 2.58. The Morgan fingerprint density at radius 2 is 2.07 bits per heavy atom. The summed E-state index contributed by atoms with van der Waals surface area (Å²) in [6, 6.07) is 0. The van der Waals surface area contributed by atoms with Crippen molar-refractivity contribution >= 4 is 11.8 Å². The Bertz CT molecular complexity index is 165. The fraction of sp³-hybridized carbons (Fsp3) is 1.00. The zero-order chi connectivity index (χ0) is 10.6. The number of thioether (sulfide) groups is 1. The molecule has 1 saturated heterocycles. The molecule has 0 aromatic rings. The molecule has 0 N–H and O–H groups in total. The van der Waals surface area contributed by atoms with Crippen molar-refractivity contribution in [2.24, 2.45) is 5.92 Å². The fourth-order valence-electron chi connectivity index (χ4n) is 1.79. The van der Waals surface area contributed by atoms with E-state index in [-0.39, 0.29) is 18.3 Å². The van der Waals surface area contributed by atoms with Gasteiger partial charge >= 0.3 is 0 Å². The number of ether oxygens (including phenoxy) is 3. The van der Waals surface area contributed by atoms with Crippen LogP contribution in [0.4, 0.5) is 0 Å². The number of methoxy groups -OCH3 is 1. The highest BCUT2D eigenvalue weighted by Crippen LogP contribution is 2.29. The first-order valence-electron chi connectivity index (χ1n) is 4.95. The summed E-state index contributed by atoms with van der Waals surface area (Å²) in [4.78, 5) is 0. The molecule has 4 unspecified atom stereocenters. The van der Waals surface area contributed by atoms with Crippen molar-refractivity contribution in [3.63, 3.8) is 0 Å². The second-order valence-corrected chi connectivity index (χ2v) is 4.54. The van der Waals surface area contributed by atoms with E-state index in [1.807, 2.05) is 6.26 Å². The van der Waals surface area contributed by atoms with E-state index in [0.29, 0.717) is 12.5 Å². The van der Waals surface area contributed by atoms with E-state index in [4.69, 9.17) is 14.2 Å². The second-order valence-electron chi connectivity index (χ2n) is 3.73. The van der Waals surface area contributed by atoms with Crippen LogP contribution in [0.1, 0.15) is 13.8 Å². The molecule has 0 saturated carbocycles. The molecule has 0 aromatic carbocycles. The van der Waals surface area contributed by atoms with Crippen LogP contribution in [-0.2, 0) is 14.2 Å². The molecular weight excluding hydrogens is 200 g/mol. The number of hydrogen-bond acceptors (Lipinski definition) is 4. The number of rotatable bonds is 5. The first kappa shape index (κ1) is 12.3. The topological polar surface area (TPSA) is 27.7 Å². The smallest absolute Gasteiger partial charge is 0.108 e. The van der Waals surface area contributed by atoms with Crippen molar-refractivity contribution in [2.75, 3.05) is 25.9 Å². The summed E-state index contributed by atoms with van der Waals surface area (Å²) < 4.78 is 16.6. The molecule has 1 heterocycles. The van der Waals surface area contributed by atoms with Gasteiger partial charge in [0.1, 0.15) is 6.10 Å². The standard InChI is InChI=1S/C10H20O3S/c1-7-8(2)13-9(5-11-3)10(7)12-6-14-4/h7-10H,5-6H2,1-4H3. The lowest BCUT2D eigenvalue weighted by Crippen LogP contribution is -2.32. The van der Waals surface area contributed by atoms with Crippen molar-refractivity contribution in [1.29, 1.82) is 0 Å². The highest BCUT2D eigenvalue weighted by atomic mass is 32.2. The third-order valence-electron chi connectivity index (χ3n) is 2.72. The van der Waals surface area contributed by atoms with Crippen LogP contribution >= 0.6 is 11.8 Å². The Kier molecular flexibility index (Phi) is 5.23. The molecule has 0 spiro atoms. The number of hydrogen-bond donors (Lipinski definition) is 0. The highest BCUT2D eigenvalue weighted by Gasteiger charge is 2.40. The Hall–Kier alpha value is 0.230. The largest absolute Gasteiger partial charge is 0.382 e. The quantitative estimate of drug-likeness (QED) is 0.660. The van der Waals surface area contributed by atoms with Crippen LogP contribution in [-0.4, -0.2) is 44.2 Å². The van der Waals surface area contributed by atoms with Gasteiger partial charge in [-0.05, 0) is 13.2 Å². The molecular formula is C10H20O3S. The lowest BCUT2D eigenvalue weighted by molar-refractivity contribution is -0.0441. The zero-order valence-electron chi connectivity index (χ0n) is 9.36. The maximum atomic E-state index is 5.76. The minimum absolute atomic E-state index is 0.0946. The third kappa shape index (κ3) is 2.86. The van der Waals surface area contributed by atoms with Crippen LogP contribution in [0.15, 0.2) is 0 Å². The van der Waals surface area contributed by atoms with E-state index in [9.17, 15) is 0 Å². The third-order valence-corrected chi connectivity index (χ3v) is 3.10. The molecule has 1 aliphatic heterocycles. The van der Waals surface area contributed by atoms with Gasteiger partial charge in [0.05, 0.1) is 24.8 Å². The summed E-state index contributed by atoms with van der Waals surface area (Å²) in [7, 11) is 1.70. The van der Waals surface area contributed by atoms with Crippen molar-refractivity contribution in [3.8, 4) is 0 Å². The molecule has 1 rings (SSSR count). The summed E-state index contributed by atoms with van der Waals surface area (Å²) in [5, 5.41) is 0. The predicted molar refractivity (Wildman–Crippen MR) is 58.6 cm³/mol. The summed E-state index contributed by atoms with van der Waals surface area (Å²) in [5.41, 5.74) is 0. The van der Waals surface area contributed by atoms with Crippen molar-refractivity contribution < 1.29 is 14.2 Å². The molecule has 84 valence electrons. The van der Waals surface area contributed by atoms with Crippen LogP contribution in [0.5, 0.6) is 0 Å². The highest BCUT2D eigenvalue weighted by molar-refractivity contribution is 7.98. The Morgan fingerprint density at radius 3 is 2.64 bits per heavy atom. The summed E-state index contributed by atoms with van der Waals surface area (Å²) in [6.45, 7) is 4.88. The van der Waals surface area contributed by atoms with Gasteiger partial charge in [0.25, 0.3) is 0 Å². The van der Waals surface area contributed by atoms with Gasteiger partial charge < -0.3 is 14.2 Å². The molecule has 4 atom stereocenters. The lowest BCUT2D eigenvalue weighted by Gasteiger charge is -2.20. The minimum Gasteiger partial charge on any atom is -0.382 e. The average molecular weight is 220 g/mol. The Labute approximate surface area is 90.5 Å². The van der Waals surface area contributed by atoms with E-state index < -0.39 is 0 Å².